The molecule has 7 aromatic carbocycles. The maximum atomic E-state index is 12.8. The van der Waals surface area contributed by atoms with Gasteiger partial charge in [0, 0.05) is 111 Å². The summed E-state index contributed by atoms with van der Waals surface area (Å²) in [7, 11) is 3.11. The van der Waals surface area contributed by atoms with E-state index in [-0.39, 0.29) is 56.7 Å². The fraction of sp³-hybridized carbons (Fsp3) is 0.345. The number of carbonyl (C=O) groups excluding carboxylic acids is 4. The molecule has 0 amide bonds. The van der Waals surface area contributed by atoms with Crippen molar-refractivity contribution in [3.8, 4) is 12.1 Å². The Morgan fingerprint density at radius 1 is 0.625 bits per heavy atom. The van der Waals surface area contributed by atoms with E-state index in [1.165, 1.54) is 150 Å². The number of esters is 3. The number of carbonyl (C=O) groups is 4. The summed E-state index contributed by atoms with van der Waals surface area (Å²) in [5.41, 5.74) is 16.6. The van der Waals surface area contributed by atoms with Gasteiger partial charge in [0.15, 0.2) is 11.6 Å². The first-order valence-corrected chi connectivity index (χ1v) is 66.4. The van der Waals surface area contributed by atoms with Crippen LogP contribution in [-0.4, -0.2) is 180 Å². The number of halogens is 7. The molecule has 1 atom stereocenters. The quantitative estimate of drug-likeness (QED) is 0.00236. The number of nitrogens with one attached hydrogen (secondary N) is 3. The van der Waals surface area contributed by atoms with Gasteiger partial charge in [-0.3, -0.25) is 49.7 Å². The molecule has 5 aromatic heterocycles. The van der Waals surface area contributed by atoms with Gasteiger partial charge in [-0.15, -0.1) is 84.9 Å². The molecule has 12 rings (SSSR count). The molecule has 5 heterocycles. The van der Waals surface area contributed by atoms with E-state index in [9.17, 15) is 28.0 Å². The second-order valence-corrected chi connectivity index (χ2v) is 50.4. The molecule has 1 unspecified atom stereocenters. The second kappa shape index (κ2) is 71.8. The van der Waals surface area contributed by atoms with E-state index >= 15 is 0 Å². The number of alkyl halides is 1. The summed E-state index contributed by atoms with van der Waals surface area (Å²) < 4.78 is 64.1. The van der Waals surface area contributed by atoms with Gasteiger partial charge >= 0.3 is 146 Å². The summed E-state index contributed by atoms with van der Waals surface area (Å²) in [5.74, 6) is 2.43. The number of unbranched alkanes of at least 4 members (excludes halogenated alkanes) is 3. The number of nitrogen functional groups attached to an aromatic ring is 2. The number of hydrogen-bond acceptors (Lipinski definition) is 27. The van der Waals surface area contributed by atoms with Crippen LogP contribution in [0.3, 0.4) is 0 Å². The van der Waals surface area contributed by atoms with Crippen molar-refractivity contribution in [3.63, 3.8) is 0 Å². The number of nitrogens with two attached hydrogens (primary N) is 3. The molecule has 12 aromatic rings. The molecule has 0 aliphatic heterocycles. The average molecular weight is 2550 g/mol. The predicted octanol–water partition coefficient (Wildman–Crippen LogP) is 23.5. The van der Waals surface area contributed by atoms with Crippen molar-refractivity contribution in [1.82, 2.24) is 50.2 Å². The Bertz CT molecular complexity index is 5390. The van der Waals surface area contributed by atoms with Gasteiger partial charge in [-0.2, -0.15) is 40.9 Å². The van der Waals surface area contributed by atoms with Crippen molar-refractivity contribution in [2.24, 2.45) is 11.1 Å². The second-order valence-electron chi connectivity index (χ2n) is 25.6. The molecule has 128 heavy (non-hydrogen) atoms. The first-order chi connectivity index (χ1) is 61.3. The molecule has 0 spiro atoms. The van der Waals surface area contributed by atoms with Crippen LogP contribution in [0.1, 0.15) is 94.8 Å². The van der Waals surface area contributed by atoms with Crippen molar-refractivity contribution in [3.05, 3.63) is 185 Å². The smallest absolute Gasteiger partial charge is 0.468 e. The third-order valence-electron chi connectivity index (χ3n) is 17.1. The van der Waals surface area contributed by atoms with Crippen LogP contribution in [0.2, 0.25) is 13.3 Å². The number of thioether (sulfide) groups is 6. The molecule has 44 heteroatoms. The number of H-pyrrole nitrogens is 3. The SMILES string of the molecule is C=[C](OCC)[Sn]([CH2]CCC)([CH2]CCC)[CH2]CCC.COC(=O)CBr.COC(=O)Cn1nc(C(C)=O)c2ccc(SC)cc21.COC(=O)Cn1nc(I)c2ccc(SC)cc21.CS(C)=S.CSc1ccc(C#N)c(F)c1.CSc1ccc2c(I)[nH]nc2c1.CSc1ccc2c(N)n[nH]c2c1.CSc1ccc2cn[nH]c2c1.II.N#Cc1ccc(N)cc1F.NN=O.O=[PH+]O. The maximum absolute atomic E-state index is 12.8. The van der Waals surface area contributed by atoms with Crippen LogP contribution in [0, 0.1) is 46.6 Å². The van der Waals surface area contributed by atoms with E-state index in [0.29, 0.717) is 17.2 Å². The molecule has 0 fully saturated rings. The fourth-order valence-electron chi connectivity index (χ4n) is 10.7. The van der Waals surface area contributed by atoms with Gasteiger partial charge in [0.05, 0.1) is 66.2 Å². The van der Waals surface area contributed by atoms with E-state index in [1.807, 2.05) is 92.3 Å². The zero-order chi connectivity index (χ0) is 96.9. The third-order valence-corrected chi connectivity index (χ3v) is 38.5. The molecule has 0 saturated carbocycles. The van der Waals surface area contributed by atoms with Crippen molar-refractivity contribution in [1.29, 1.82) is 10.5 Å². The Hall–Kier alpha value is -5.72. The number of anilines is 2. The zero-order valence-electron chi connectivity index (χ0n) is 73.7. The van der Waals surface area contributed by atoms with Crippen LogP contribution < -0.4 is 17.3 Å². The Morgan fingerprint density at radius 3 is 1.46 bits per heavy atom. The minimum atomic E-state index is -2.24. The maximum Gasteiger partial charge on any atom is 0.491 e. The van der Waals surface area contributed by atoms with Gasteiger partial charge in [0.25, 0.3) is 0 Å². The van der Waals surface area contributed by atoms with Gasteiger partial charge in [-0.25, -0.2) is 8.78 Å². The predicted molar refractivity (Wildman–Crippen MR) is 576 cm³/mol. The molecule has 27 nitrogen and oxygen atoms in total. The standard InChI is InChI=1S/C13H14N2O3S.C11H11IN2O2S.C8H6FNS.C8H7IN2S.C8H9N3S.C8H8N2S.C7H5FN2.C4H7O.3C4H9.C3H5BrO2.C2H6S2.I2.H2N2O.HO2P.Sn/c1-8(16)13-10-5-4-9(19-3)6-11(10)15(14-13)7-12(17)18-2;1-16-10(15)6-14-9-5-7(17-2)3-4-8(9)11(12)13-14;1-11-7-3-2-6(5-10)8(9)4-7;2*1-12-5-2-3-6-7(4-5)10-11-8(6)9;1-11-7-3-2-6-5-9-10-8(6)4-7;8-7-3-6(10)2-1-5(7)4-9;1-3-5-4-2;3*1-3-4-2;1-6-3(5)2-4;1-4(2)3;1-2;1-2-3;1-3-2;/h4-6H,7H2,1-3H3;3-5H,6H2,1-2H3;2-4H,1H3;2-4H,1H3,(H,10,11);2-4H,1H3,(H3,9,10,11);2-5H,1H3,(H,9,10);1-3H,10H2;1,4H2,2H3;3*1,3-4H2,2H3;2H2,1H3;1-2H3;;(H2,1,3);3H;/p+1. The summed E-state index contributed by atoms with van der Waals surface area (Å²) in [4.78, 5) is 66.3. The number of nitroso groups, excluding NO2 is 1. The number of hydrogen-bond donors (Lipinski definition) is 7. The average Bonchev–Trinajstić information content (AvgIpc) is 1.63. The number of nitrogens with zero attached hydrogens (tertiary/aromatic N) is 10. The molecule has 0 bridgehead atoms. The van der Waals surface area contributed by atoms with E-state index in [4.69, 9.17) is 41.1 Å². The van der Waals surface area contributed by atoms with Gasteiger partial charge in [0.2, 0.25) is 0 Å². The van der Waals surface area contributed by atoms with Crippen molar-refractivity contribution in [2.45, 2.75) is 129 Å². The van der Waals surface area contributed by atoms with Crippen molar-refractivity contribution >= 4 is 306 Å². The molecular formula is C84H109BrF2I4N16O11PS8Sn+. The fourth-order valence-corrected chi connectivity index (χ4v) is 29.5. The summed E-state index contributed by atoms with van der Waals surface area (Å²) in [6.45, 7) is 15.8. The summed E-state index contributed by atoms with van der Waals surface area (Å²) in [6, 6.07) is 42.5. The van der Waals surface area contributed by atoms with Crippen LogP contribution in [-0.2, 0) is 71.6 Å². The van der Waals surface area contributed by atoms with Gasteiger partial charge in [0.1, 0.15) is 55.3 Å². The van der Waals surface area contributed by atoms with Crippen LogP contribution in [0.4, 0.5) is 20.3 Å². The Kier molecular flexibility index (Phi) is 68.6. The molecule has 10 N–H and O–H groups in total. The Morgan fingerprint density at radius 2 is 1.03 bits per heavy atom. The van der Waals surface area contributed by atoms with Gasteiger partial charge in [-0.1, -0.05) is 33.2 Å². The van der Waals surface area contributed by atoms with Crippen LogP contribution in [0.25, 0.3) is 54.5 Å². The van der Waals surface area contributed by atoms with E-state index in [1.54, 1.807) is 87.0 Å². The number of aromatic amines is 3. The number of aromatic nitrogens is 10. The number of fused-ring (bicyclic) bond motifs is 5. The van der Waals surface area contributed by atoms with Crippen molar-refractivity contribution in [2.75, 3.05) is 94.8 Å². The first-order valence-electron chi connectivity index (χ1n) is 38.2. The molecular weight excluding hydrogens is 2440 g/mol. The molecule has 0 radical (unpaired) electrons. The molecule has 0 saturated heterocycles. The van der Waals surface area contributed by atoms with Crippen LogP contribution in [0.5, 0.6) is 0 Å². The molecule has 696 valence electrons. The van der Waals surface area contributed by atoms with Gasteiger partial charge in [-0.05, 0) is 221 Å². The number of benzene rings is 7. The van der Waals surface area contributed by atoms with Crippen LogP contribution in [0.15, 0.2) is 179 Å². The number of ether oxygens (including phenoxy) is 4. The number of nitriles is 2. The largest absolute Gasteiger partial charge is 0.491 e. The Labute approximate surface area is 844 Å². The topological polar surface area (TPSA) is 419 Å². The number of ketones is 1. The summed E-state index contributed by atoms with van der Waals surface area (Å²) >= 11 is 23.9. The zero-order valence-corrected chi connectivity index (χ0v) is 94.3. The summed E-state index contributed by atoms with van der Waals surface area (Å²) in [6.07, 6.45) is 26.0. The normalized spacial score (nSPS) is 9.99. The van der Waals surface area contributed by atoms with E-state index in [2.05, 4.69) is 260 Å². The summed E-state index contributed by atoms with van der Waals surface area (Å²) in [5, 5.41) is 53.2. The molecule has 0 aliphatic rings. The monoisotopic (exact) mass is 2550 g/mol. The van der Waals surface area contributed by atoms with Crippen LogP contribution >= 0.6 is 178 Å². The minimum absolute atomic E-state index is 0.00187. The van der Waals surface area contributed by atoms with Gasteiger partial charge < -0.3 is 25.7 Å². The van der Waals surface area contributed by atoms with Crippen molar-refractivity contribution < 1.29 is 56.4 Å². The van der Waals surface area contributed by atoms with E-state index < -0.39 is 44.7 Å². The minimum Gasteiger partial charge on any atom is -0.468 e. The third kappa shape index (κ3) is 45.8. The first kappa shape index (κ1) is 122. The number of Topliss-reactive ketones (excluding diaryl/α,β-unsaturated/α-hetero) is 1. The number of rotatable bonds is 24. The number of methoxy groups -OCH3 is 3. The molecule has 0 aliphatic carbocycles. The van der Waals surface area contributed by atoms with E-state index in [0.717, 1.165) is 78.5 Å². The Balaban J connectivity index is 0.00000141.